The van der Waals surface area contributed by atoms with Crippen LogP contribution in [0.5, 0.6) is 0 Å². The molecule has 4 nitrogen and oxygen atoms in total. The number of benzene rings is 9. The number of nitrogens with zero attached hydrogens (tertiary/aromatic N) is 2. The van der Waals surface area contributed by atoms with E-state index in [1.807, 2.05) is 12.1 Å². The molecule has 13 rings (SSSR count). The number of rotatable bonds is 4. The predicted molar refractivity (Wildman–Crippen MR) is 241 cm³/mol. The molecule has 0 amide bonds. The Morgan fingerprint density at radius 2 is 0.828 bits per heavy atom. The van der Waals surface area contributed by atoms with Crippen LogP contribution in [0, 0.1) is 0 Å². The van der Waals surface area contributed by atoms with E-state index >= 15 is 0 Å². The lowest BCUT2D eigenvalue weighted by Gasteiger charge is -2.11. The van der Waals surface area contributed by atoms with Gasteiger partial charge in [-0.1, -0.05) is 133 Å². The molecule has 0 aliphatic heterocycles. The van der Waals surface area contributed by atoms with Crippen molar-refractivity contribution in [2.24, 2.45) is 0 Å². The fourth-order valence-electron chi connectivity index (χ4n) is 9.52. The molecule has 0 fully saturated rings. The minimum atomic E-state index is 0.853. The second-order valence-electron chi connectivity index (χ2n) is 15.3. The Morgan fingerprint density at radius 1 is 0.293 bits per heavy atom. The number of hydrogen-bond donors (Lipinski definition) is 0. The minimum Gasteiger partial charge on any atom is -0.455 e. The van der Waals surface area contributed by atoms with Crippen LogP contribution >= 0.6 is 0 Å². The van der Waals surface area contributed by atoms with Crippen LogP contribution in [0.15, 0.2) is 203 Å². The summed E-state index contributed by atoms with van der Waals surface area (Å²) in [4.78, 5) is 0. The van der Waals surface area contributed by atoms with E-state index in [2.05, 4.69) is 191 Å². The molecule has 0 atom stereocenters. The van der Waals surface area contributed by atoms with Crippen molar-refractivity contribution in [1.82, 2.24) is 9.13 Å². The van der Waals surface area contributed by atoms with Gasteiger partial charge in [-0.05, 0) is 77.4 Å². The summed E-state index contributed by atoms with van der Waals surface area (Å²) in [6.07, 6.45) is 0. The van der Waals surface area contributed by atoms with Gasteiger partial charge in [0.15, 0.2) is 5.58 Å². The summed E-state index contributed by atoms with van der Waals surface area (Å²) >= 11 is 0. The standard InChI is InChI=1S/C54H32N2O2/c1-2-12-36(13-3-1)55-46-20-7-4-14-38(46)40-27-24-33(31-49(40)55)34-25-28-41-39-15-5-8-21-47(39)56(50(41)32-34)48-22-11-19-44-45-30-35(26-29-52(45)58-54(44)48)37-17-10-18-43-42-16-6-9-23-51(42)57-53(37)43/h1-32H. The second-order valence-corrected chi connectivity index (χ2v) is 15.3. The van der Waals surface area contributed by atoms with Crippen molar-refractivity contribution in [1.29, 1.82) is 0 Å². The van der Waals surface area contributed by atoms with Crippen LogP contribution in [0.25, 0.3) is 121 Å². The quantitative estimate of drug-likeness (QED) is 0.180. The maximum atomic E-state index is 6.83. The zero-order valence-electron chi connectivity index (χ0n) is 31.2. The molecule has 270 valence electrons. The largest absolute Gasteiger partial charge is 0.455 e. The molecular formula is C54H32N2O2. The van der Waals surface area contributed by atoms with Crippen molar-refractivity contribution in [2.75, 3.05) is 0 Å². The summed E-state index contributed by atoms with van der Waals surface area (Å²) in [7, 11) is 0. The van der Waals surface area contributed by atoms with Crippen LogP contribution < -0.4 is 0 Å². The van der Waals surface area contributed by atoms with Gasteiger partial charge >= 0.3 is 0 Å². The monoisotopic (exact) mass is 740 g/mol. The Labute approximate surface area is 332 Å². The van der Waals surface area contributed by atoms with Crippen LogP contribution in [0.3, 0.4) is 0 Å². The number of furan rings is 2. The van der Waals surface area contributed by atoms with E-state index in [1.165, 1.54) is 38.1 Å². The lowest BCUT2D eigenvalue weighted by molar-refractivity contribution is 0.666. The zero-order chi connectivity index (χ0) is 37.9. The van der Waals surface area contributed by atoms with E-state index in [-0.39, 0.29) is 0 Å². The average Bonchev–Trinajstić information content (AvgIpc) is 4.04. The maximum absolute atomic E-state index is 6.83. The molecule has 0 saturated heterocycles. The van der Waals surface area contributed by atoms with Gasteiger partial charge in [-0.25, -0.2) is 0 Å². The van der Waals surface area contributed by atoms with Gasteiger partial charge < -0.3 is 18.0 Å². The number of hydrogen-bond acceptors (Lipinski definition) is 2. The van der Waals surface area contributed by atoms with E-state index in [0.29, 0.717) is 0 Å². The van der Waals surface area contributed by atoms with E-state index in [0.717, 1.165) is 83.0 Å². The Balaban J connectivity index is 1.01. The lowest BCUT2D eigenvalue weighted by atomic mass is 10.00. The Bertz CT molecular complexity index is 3800. The summed E-state index contributed by atoms with van der Waals surface area (Å²) in [6, 6.07) is 69.5. The molecule has 0 bridgehead atoms. The van der Waals surface area contributed by atoms with Crippen LogP contribution in [-0.2, 0) is 0 Å². The highest BCUT2D eigenvalue weighted by atomic mass is 16.3. The van der Waals surface area contributed by atoms with Gasteiger partial charge in [-0.3, -0.25) is 0 Å². The van der Waals surface area contributed by atoms with Gasteiger partial charge in [0.1, 0.15) is 16.7 Å². The molecule has 0 saturated carbocycles. The first-order valence-corrected chi connectivity index (χ1v) is 19.8. The first-order chi connectivity index (χ1) is 28.8. The molecule has 4 heteroatoms. The van der Waals surface area contributed by atoms with Crippen molar-refractivity contribution in [2.45, 2.75) is 0 Å². The molecule has 58 heavy (non-hydrogen) atoms. The van der Waals surface area contributed by atoms with Crippen molar-refractivity contribution >= 4 is 87.5 Å². The Hall–Kier alpha value is -7.82. The number of aromatic nitrogens is 2. The third-order valence-electron chi connectivity index (χ3n) is 12.1. The Kier molecular flexibility index (Phi) is 6.41. The molecule has 13 aromatic rings. The number of fused-ring (bicyclic) bond motifs is 12. The van der Waals surface area contributed by atoms with Crippen molar-refractivity contribution < 1.29 is 8.83 Å². The summed E-state index contributed by atoms with van der Waals surface area (Å²) in [5.74, 6) is 0. The van der Waals surface area contributed by atoms with Crippen LogP contribution in [0.2, 0.25) is 0 Å². The highest BCUT2D eigenvalue weighted by Gasteiger charge is 2.20. The van der Waals surface area contributed by atoms with Crippen LogP contribution in [0.4, 0.5) is 0 Å². The second kappa shape index (κ2) is 11.8. The Morgan fingerprint density at radius 3 is 1.59 bits per heavy atom. The molecule has 9 aromatic carbocycles. The molecule has 0 aliphatic rings. The predicted octanol–water partition coefficient (Wildman–Crippen LogP) is 15.0. The smallest absolute Gasteiger partial charge is 0.159 e. The maximum Gasteiger partial charge on any atom is 0.159 e. The van der Waals surface area contributed by atoms with Crippen LogP contribution in [0.1, 0.15) is 0 Å². The van der Waals surface area contributed by atoms with E-state index in [4.69, 9.17) is 8.83 Å². The normalized spacial score (nSPS) is 12.1. The summed E-state index contributed by atoms with van der Waals surface area (Å²) in [5, 5.41) is 9.30. The van der Waals surface area contributed by atoms with Crippen molar-refractivity contribution in [3.63, 3.8) is 0 Å². The first-order valence-electron chi connectivity index (χ1n) is 19.8. The van der Waals surface area contributed by atoms with Gasteiger partial charge in [0.25, 0.3) is 0 Å². The molecule has 4 aromatic heterocycles. The summed E-state index contributed by atoms with van der Waals surface area (Å²) < 4.78 is 18.0. The van der Waals surface area contributed by atoms with E-state index in [9.17, 15) is 0 Å². The first kappa shape index (κ1) is 31.4. The zero-order valence-corrected chi connectivity index (χ0v) is 31.2. The van der Waals surface area contributed by atoms with E-state index < -0.39 is 0 Å². The third kappa shape index (κ3) is 4.40. The molecule has 0 unspecified atom stereocenters. The molecule has 0 aliphatic carbocycles. The van der Waals surface area contributed by atoms with Crippen molar-refractivity contribution in [3.05, 3.63) is 194 Å². The fourth-order valence-corrected chi connectivity index (χ4v) is 9.52. The van der Waals surface area contributed by atoms with Crippen molar-refractivity contribution in [3.8, 4) is 33.6 Å². The van der Waals surface area contributed by atoms with E-state index in [1.54, 1.807) is 0 Å². The fraction of sp³-hybridized carbons (Fsp3) is 0. The third-order valence-corrected chi connectivity index (χ3v) is 12.1. The molecule has 0 N–H and O–H groups in total. The highest BCUT2D eigenvalue weighted by Crippen LogP contribution is 2.42. The van der Waals surface area contributed by atoms with Gasteiger partial charge in [-0.15, -0.1) is 0 Å². The summed E-state index contributed by atoms with van der Waals surface area (Å²) in [5.41, 5.74) is 14.8. The SMILES string of the molecule is c1ccc(-n2c3ccccc3c3ccc(-c4ccc5c6ccccc6n(-c6cccc7c6oc6ccc(-c8cccc9c8oc8ccccc89)cc67)c5c4)cc32)cc1. The number of para-hydroxylation sites is 6. The molecule has 0 radical (unpaired) electrons. The molecular weight excluding hydrogens is 709 g/mol. The lowest BCUT2D eigenvalue weighted by Crippen LogP contribution is -1.95. The average molecular weight is 741 g/mol. The van der Waals surface area contributed by atoms with Crippen LogP contribution in [-0.4, -0.2) is 9.13 Å². The summed E-state index contributed by atoms with van der Waals surface area (Å²) in [6.45, 7) is 0. The topological polar surface area (TPSA) is 36.1 Å². The van der Waals surface area contributed by atoms with Gasteiger partial charge in [-0.2, -0.15) is 0 Å². The highest BCUT2D eigenvalue weighted by molar-refractivity contribution is 6.15. The molecule has 4 heterocycles. The minimum absolute atomic E-state index is 0.853. The molecule has 0 spiro atoms. The van der Waals surface area contributed by atoms with Gasteiger partial charge in [0, 0.05) is 54.3 Å². The van der Waals surface area contributed by atoms with Gasteiger partial charge in [0.05, 0.1) is 27.8 Å². The van der Waals surface area contributed by atoms with Gasteiger partial charge in [0.2, 0.25) is 0 Å².